The fourth-order valence-electron chi connectivity index (χ4n) is 3.43. The predicted octanol–water partition coefficient (Wildman–Crippen LogP) is 8.04. The molecule has 0 saturated carbocycles. The van der Waals surface area contributed by atoms with Crippen molar-refractivity contribution in [3.63, 3.8) is 0 Å². The summed E-state index contributed by atoms with van der Waals surface area (Å²) in [5.41, 5.74) is 1.53. The topological polar surface area (TPSA) is 85.2 Å². The number of amides is 1. The van der Waals surface area contributed by atoms with Crippen molar-refractivity contribution in [1.29, 1.82) is 0 Å². The normalized spacial score (nSPS) is 15.3. The van der Waals surface area contributed by atoms with Crippen molar-refractivity contribution < 1.29 is 24.2 Å². The number of aliphatic imine (C=N–C) groups is 1. The van der Waals surface area contributed by atoms with E-state index in [4.69, 9.17) is 32.7 Å². The van der Waals surface area contributed by atoms with Crippen molar-refractivity contribution in [2.24, 2.45) is 4.99 Å². The van der Waals surface area contributed by atoms with E-state index in [1.54, 1.807) is 49.4 Å². The molecule has 0 saturated heterocycles. The second kappa shape index (κ2) is 12.7. The third kappa shape index (κ3) is 6.69. The average Bonchev–Trinajstić information content (AvgIpc) is 3.19. The molecule has 0 fully saturated rings. The summed E-state index contributed by atoms with van der Waals surface area (Å²) in [4.78, 5) is 30.0. The lowest BCUT2D eigenvalue weighted by atomic mass is 10.1. The van der Waals surface area contributed by atoms with Gasteiger partial charge in [-0.25, -0.2) is 9.79 Å². The number of carbonyl (C=O) groups is 2. The van der Waals surface area contributed by atoms with E-state index < -0.39 is 11.9 Å². The monoisotopic (exact) mass is 631 g/mol. The summed E-state index contributed by atoms with van der Waals surface area (Å²) < 4.78 is 11.9. The summed E-state index contributed by atoms with van der Waals surface area (Å²) in [6, 6.07) is 19.2. The highest BCUT2D eigenvalue weighted by atomic mass is 79.9. The van der Waals surface area contributed by atoms with Gasteiger partial charge < -0.3 is 14.6 Å². The van der Waals surface area contributed by atoms with Crippen LogP contribution in [-0.4, -0.2) is 28.6 Å². The summed E-state index contributed by atoms with van der Waals surface area (Å²) in [6.45, 7) is 2.02. The molecule has 38 heavy (non-hydrogen) atoms. The van der Waals surface area contributed by atoms with Crippen molar-refractivity contribution in [3.8, 4) is 5.75 Å². The lowest BCUT2D eigenvalue weighted by Crippen LogP contribution is -2.14. The average molecular weight is 633 g/mol. The molecule has 0 atom stereocenters. The highest BCUT2D eigenvalue weighted by Crippen LogP contribution is 2.41. The number of thioether (sulfide) groups is 1. The smallest absolute Gasteiger partial charge is 0.344 e. The molecule has 3 aromatic carbocycles. The van der Waals surface area contributed by atoms with Crippen molar-refractivity contribution in [2.75, 3.05) is 6.61 Å². The number of nitrogens with zero attached hydrogens (tertiary/aromatic N) is 1. The molecule has 0 spiro atoms. The van der Waals surface area contributed by atoms with Gasteiger partial charge in [-0.15, -0.1) is 0 Å². The van der Waals surface area contributed by atoms with Crippen LogP contribution >= 0.6 is 50.9 Å². The Morgan fingerprint density at radius 3 is 2.53 bits per heavy atom. The highest BCUT2D eigenvalue weighted by molar-refractivity contribution is 9.10. The summed E-state index contributed by atoms with van der Waals surface area (Å²) in [5.74, 6) is -1.24. The second-order valence-electron chi connectivity index (χ2n) is 7.85. The van der Waals surface area contributed by atoms with Gasteiger partial charge in [0, 0.05) is 15.1 Å². The van der Waals surface area contributed by atoms with Crippen LogP contribution in [-0.2, 0) is 16.1 Å². The maximum atomic E-state index is 12.9. The molecule has 3 aromatic rings. The number of benzene rings is 3. The Balaban J connectivity index is 1.69. The van der Waals surface area contributed by atoms with E-state index in [9.17, 15) is 14.7 Å². The van der Waals surface area contributed by atoms with Crippen LogP contribution in [0.5, 0.6) is 5.75 Å². The van der Waals surface area contributed by atoms with Crippen LogP contribution < -0.4 is 4.74 Å². The van der Waals surface area contributed by atoms with Crippen LogP contribution in [0.3, 0.4) is 0 Å². The van der Waals surface area contributed by atoms with E-state index in [1.807, 2.05) is 24.3 Å². The zero-order chi connectivity index (χ0) is 27.2. The summed E-state index contributed by atoms with van der Waals surface area (Å²) in [5, 5.41) is 11.9. The highest BCUT2D eigenvalue weighted by Gasteiger charge is 2.34. The molecule has 6 nitrogen and oxygen atoms in total. The quantitative estimate of drug-likeness (QED) is 0.265. The van der Waals surface area contributed by atoms with Crippen LogP contribution in [0.15, 0.2) is 92.4 Å². The second-order valence-corrected chi connectivity index (χ2v) is 10.6. The number of rotatable bonds is 7. The number of carbonyl (C=O) groups excluding carboxylic acids is 2. The minimum atomic E-state index is -0.792. The van der Waals surface area contributed by atoms with E-state index in [1.165, 1.54) is 6.07 Å². The van der Waals surface area contributed by atoms with Crippen molar-refractivity contribution in [1.82, 2.24) is 0 Å². The maximum absolute atomic E-state index is 12.9. The van der Waals surface area contributed by atoms with Gasteiger partial charge in [0.2, 0.25) is 0 Å². The molecule has 1 heterocycles. The Hall–Kier alpha value is -3.04. The number of esters is 1. The van der Waals surface area contributed by atoms with Gasteiger partial charge in [0.05, 0.1) is 22.1 Å². The van der Waals surface area contributed by atoms with Gasteiger partial charge in [-0.05, 0) is 61.0 Å². The Morgan fingerprint density at radius 2 is 1.82 bits per heavy atom. The van der Waals surface area contributed by atoms with Gasteiger partial charge in [0.15, 0.2) is 0 Å². The number of hydrogen-bond acceptors (Lipinski definition) is 6. The maximum Gasteiger partial charge on any atom is 0.344 e. The third-order valence-corrected chi connectivity index (χ3v) is 7.34. The van der Waals surface area contributed by atoms with Gasteiger partial charge >= 0.3 is 5.97 Å². The zero-order valence-corrected chi connectivity index (χ0v) is 23.8. The van der Waals surface area contributed by atoms with E-state index in [2.05, 4.69) is 20.9 Å². The van der Waals surface area contributed by atoms with Gasteiger partial charge in [0.1, 0.15) is 28.7 Å². The number of aliphatic hydroxyl groups excluding tert-OH is 1. The van der Waals surface area contributed by atoms with Crippen LogP contribution in [0.1, 0.15) is 28.4 Å². The van der Waals surface area contributed by atoms with E-state index in [0.717, 1.165) is 21.8 Å². The van der Waals surface area contributed by atoms with Gasteiger partial charge in [-0.3, -0.25) is 4.79 Å². The van der Waals surface area contributed by atoms with E-state index >= 15 is 0 Å². The first-order valence-corrected chi connectivity index (χ1v) is 13.7. The summed E-state index contributed by atoms with van der Waals surface area (Å²) >= 11 is 16.5. The van der Waals surface area contributed by atoms with E-state index in [-0.39, 0.29) is 40.2 Å². The summed E-state index contributed by atoms with van der Waals surface area (Å²) in [6.07, 6.45) is 1.66. The molecule has 1 amide bonds. The van der Waals surface area contributed by atoms with Crippen LogP contribution in [0.4, 0.5) is 0 Å². The molecule has 1 N–H and O–H groups in total. The molecular formula is C28H20BrCl2NO5S. The number of hydrogen-bond donors (Lipinski definition) is 1. The van der Waals surface area contributed by atoms with Crippen molar-refractivity contribution in [3.05, 3.63) is 114 Å². The van der Waals surface area contributed by atoms with Crippen LogP contribution in [0, 0.1) is 0 Å². The lowest BCUT2D eigenvalue weighted by Gasteiger charge is -2.11. The lowest BCUT2D eigenvalue weighted by molar-refractivity contribution is -0.138. The molecule has 0 aromatic heterocycles. The van der Waals surface area contributed by atoms with Crippen molar-refractivity contribution in [2.45, 2.75) is 13.5 Å². The van der Waals surface area contributed by atoms with Crippen LogP contribution in [0.2, 0.25) is 10.0 Å². The first kappa shape index (κ1) is 28.0. The molecule has 0 bridgehead atoms. The largest absolute Gasteiger partial charge is 0.506 e. The minimum Gasteiger partial charge on any atom is -0.506 e. The number of aliphatic hydroxyl groups is 1. The van der Waals surface area contributed by atoms with Gasteiger partial charge in [-0.2, -0.15) is 0 Å². The SMILES string of the molecule is CCOC(=O)C1=C(O)/C(=C/c2cc(Br)ccc2OCc2ccc(Cl)cc2)SC1=NC(=O)c1ccccc1Cl. The molecule has 0 radical (unpaired) electrons. The Kier molecular flexibility index (Phi) is 9.33. The molecule has 10 heteroatoms. The molecule has 1 aliphatic heterocycles. The standard InChI is InChI=1S/C28H20BrCl2NO5S/c1-2-36-28(35)24-25(33)23(38-27(24)32-26(34)20-5-3-4-6-21(20)31)14-17-13-18(29)9-12-22(17)37-15-16-7-10-19(30)11-8-16/h3-14,33H,2,15H2,1H3/b23-14-,32-27?. The first-order chi connectivity index (χ1) is 18.3. The molecule has 1 aliphatic rings. The molecule has 0 aliphatic carbocycles. The van der Waals surface area contributed by atoms with Crippen LogP contribution in [0.25, 0.3) is 6.08 Å². The molecule has 194 valence electrons. The fourth-order valence-corrected chi connectivity index (χ4v) is 5.15. The molecule has 4 rings (SSSR count). The Labute approximate surface area is 242 Å². The van der Waals surface area contributed by atoms with Gasteiger partial charge in [0.25, 0.3) is 5.91 Å². The number of halogens is 3. The molecular weight excluding hydrogens is 613 g/mol. The van der Waals surface area contributed by atoms with E-state index in [0.29, 0.717) is 21.2 Å². The van der Waals surface area contributed by atoms with Gasteiger partial charge in [-0.1, -0.05) is 75.2 Å². The first-order valence-electron chi connectivity index (χ1n) is 11.3. The minimum absolute atomic E-state index is 0.00995. The molecule has 0 unspecified atom stereocenters. The zero-order valence-electron chi connectivity index (χ0n) is 19.9. The fraction of sp³-hybridized carbons (Fsp3) is 0.107. The third-order valence-electron chi connectivity index (χ3n) is 5.24. The predicted molar refractivity (Wildman–Crippen MR) is 155 cm³/mol. The Bertz CT molecular complexity index is 1480. The Morgan fingerprint density at radius 1 is 1.08 bits per heavy atom. The summed E-state index contributed by atoms with van der Waals surface area (Å²) in [7, 11) is 0. The number of ether oxygens (including phenoxy) is 2. The van der Waals surface area contributed by atoms with Crippen molar-refractivity contribution >= 4 is 73.9 Å².